The summed E-state index contributed by atoms with van der Waals surface area (Å²) in [5.41, 5.74) is 0.427. The van der Waals surface area contributed by atoms with E-state index in [0.29, 0.717) is 23.7 Å². The summed E-state index contributed by atoms with van der Waals surface area (Å²) in [7, 11) is 1.50. The molecule has 0 radical (unpaired) electrons. The summed E-state index contributed by atoms with van der Waals surface area (Å²) in [4.78, 5) is 44.9. The highest BCUT2D eigenvalue weighted by Crippen LogP contribution is 2.27. The minimum Gasteiger partial charge on any atom is -0.380 e. The standard InChI is InChI=1S/C23H25ClFN5O4/c1-34-16-11-19(30(13-16)23(33)28-20-8-5-14(24)12-26-20)22(32)27-18-7-6-15(10-17(18)25)29-9-3-2-4-21(29)31/h5-8,10,12,16,19H,2-4,9,11,13H2,1H3,(H,27,32)(H,26,28,33). The molecule has 2 N–H and O–H groups in total. The Morgan fingerprint density at radius 3 is 2.71 bits per heavy atom. The van der Waals surface area contributed by atoms with E-state index in [9.17, 15) is 18.8 Å². The highest BCUT2D eigenvalue weighted by atomic mass is 35.5. The van der Waals surface area contributed by atoms with E-state index in [1.807, 2.05) is 0 Å². The van der Waals surface area contributed by atoms with Crippen LogP contribution in [0.4, 0.5) is 26.4 Å². The van der Waals surface area contributed by atoms with Crippen LogP contribution < -0.4 is 15.5 Å². The number of carbonyl (C=O) groups excluding carboxylic acids is 3. The van der Waals surface area contributed by atoms with Crippen molar-refractivity contribution >= 4 is 46.6 Å². The molecule has 0 saturated carbocycles. The zero-order valence-electron chi connectivity index (χ0n) is 18.6. The second kappa shape index (κ2) is 10.4. The fourth-order valence-corrected chi connectivity index (χ4v) is 4.25. The third-order valence-corrected chi connectivity index (χ3v) is 6.19. The van der Waals surface area contributed by atoms with Crippen LogP contribution in [0.2, 0.25) is 5.02 Å². The molecular formula is C23H25ClFN5O4. The van der Waals surface area contributed by atoms with Gasteiger partial charge in [0, 0.05) is 44.9 Å². The largest absolute Gasteiger partial charge is 0.380 e. The van der Waals surface area contributed by atoms with Crippen molar-refractivity contribution in [1.82, 2.24) is 9.88 Å². The number of amides is 4. The quantitative estimate of drug-likeness (QED) is 0.667. The molecule has 2 aliphatic heterocycles. The van der Waals surface area contributed by atoms with E-state index in [2.05, 4.69) is 15.6 Å². The third kappa shape index (κ3) is 5.28. The van der Waals surface area contributed by atoms with E-state index in [-0.39, 0.29) is 36.5 Å². The van der Waals surface area contributed by atoms with Crippen molar-refractivity contribution in [2.45, 2.75) is 37.8 Å². The number of hydrogen-bond acceptors (Lipinski definition) is 5. The van der Waals surface area contributed by atoms with Gasteiger partial charge in [0.2, 0.25) is 11.8 Å². The van der Waals surface area contributed by atoms with Crippen molar-refractivity contribution in [3.63, 3.8) is 0 Å². The SMILES string of the molecule is COC1CC(C(=O)Nc2ccc(N3CCCCC3=O)cc2F)N(C(=O)Nc2ccc(Cl)cn2)C1. The molecule has 34 heavy (non-hydrogen) atoms. The number of piperidine rings is 1. The molecule has 2 atom stereocenters. The number of rotatable bonds is 5. The first kappa shape index (κ1) is 23.9. The van der Waals surface area contributed by atoms with E-state index in [0.717, 1.165) is 12.8 Å². The first-order valence-electron chi connectivity index (χ1n) is 11.0. The van der Waals surface area contributed by atoms with Gasteiger partial charge in [-0.2, -0.15) is 0 Å². The van der Waals surface area contributed by atoms with Gasteiger partial charge >= 0.3 is 6.03 Å². The van der Waals surface area contributed by atoms with E-state index < -0.39 is 23.8 Å². The number of halogens is 2. The third-order valence-electron chi connectivity index (χ3n) is 5.97. The molecule has 9 nitrogen and oxygen atoms in total. The minimum atomic E-state index is -0.875. The summed E-state index contributed by atoms with van der Waals surface area (Å²) in [6.07, 6.45) is 3.42. The van der Waals surface area contributed by atoms with Gasteiger partial charge < -0.3 is 19.9 Å². The normalized spacial score (nSPS) is 20.4. The summed E-state index contributed by atoms with van der Waals surface area (Å²) in [6, 6.07) is 5.99. The lowest BCUT2D eigenvalue weighted by atomic mass is 10.1. The number of urea groups is 1. The summed E-state index contributed by atoms with van der Waals surface area (Å²) < 4.78 is 20.2. The number of pyridine rings is 1. The number of benzene rings is 1. The van der Waals surface area contributed by atoms with Crippen LogP contribution in [0.5, 0.6) is 0 Å². The van der Waals surface area contributed by atoms with Crippen LogP contribution >= 0.6 is 11.6 Å². The predicted molar refractivity (Wildman–Crippen MR) is 125 cm³/mol. The predicted octanol–water partition coefficient (Wildman–Crippen LogP) is 3.65. The number of methoxy groups -OCH3 is 1. The molecule has 11 heteroatoms. The molecule has 3 heterocycles. The van der Waals surface area contributed by atoms with Gasteiger partial charge in [-0.25, -0.2) is 14.2 Å². The highest BCUT2D eigenvalue weighted by molar-refractivity contribution is 6.30. The highest BCUT2D eigenvalue weighted by Gasteiger charge is 2.40. The van der Waals surface area contributed by atoms with Gasteiger partial charge in [-0.1, -0.05) is 11.6 Å². The lowest BCUT2D eigenvalue weighted by Crippen LogP contribution is -2.45. The van der Waals surface area contributed by atoms with Crippen LogP contribution in [-0.4, -0.2) is 60.1 Å². The van der Waals surface area contributed by atoms with Crippen LogP contribution in [0.1, 0.15) is 25.7 Å². The van der Waals surface area contributed by atoms with E-state index in [4.69, 9.17) is 16.3 Å². The zero-order chi connectivity index (χ0) is 24.2. The number of nitrogens with one attached hydrogen (secondary N) is 2. The second-order valence-corrected chi connectivity index (χ2v) is 8.65. The molecule has 2 saturated heterocycles. The monoisotopic (exact) mass is 489 g/mol. The smallest absolute Gasteiger partial charge is 0.323 e. The second-order valence-electron chi connectivity index (χ2n) is 8.21. The number of anilines is 3. The topological polar surface area (TPSA) is 104 Å². The number of ether oxygens (including phenoxy) is 1. The van der Waals surface area contributed by atoms with Crippen LogP contribution in [0, 0.1) is 5.82 Å². The van der Waals surface area contributed by atoms with Gasteiger partial charge in [-0.05, 0) is 43.2 Å². The number of hydrogen-bond donors (Lipinski definition) is 2. The van der Waals surface area contributed by atoms with Gasteiger partial charge in [-0.3, -0.25) is 14.9 Å². The summed E-state index contributed by atoms with van der Waals surface area (Å²) in [5, 5.41) is 5.63. The van der Waals surface area contributed by atoms with Crippen LogP contribution in [0.25, 0.3) is 0 Å². The van der Waals surface area contributed by atoms with Crippen molar-refractivity contribution < 1.29 is 23.5 Å². The van der Waals surface area contributed by atoms with E-state index >= 15 is 0 Å². The summed E-state index contributed by atoms with van der Waals surface area (Å²) in [6.45, 7) is 0.726. The maximum atomic E-state index is 14.8. The maximum absolute atomic E-state index is 14.8. The molecule has 180 valence electrons. The maximum Gasteiger partial charge on any atom is 0.323 e. The molecule has 4 rings (SSSR count). The Hall–Kier alpha value is -3.24. The Labute approximate surface area is 201 Å². The van der Waals surface area contributed by atoms with Crippen molar-refractivity contribution in [2.75, 3.05) is 35.7 Å². The molecule has 2 aromatic rings. The first-order valence-corrected chi connectivity index (χ1v) is 11.4. The fraction of sp³-hybridized carbons (Fsp3) is 0.391. The van der Waals surface area contributed by atoms with Gasteiger partial charge in [-0.15, -0.1) is 0 Å². The molecule has 2 unspecified atom stereocenters. The Bertz CT molecular complexity index is 1080. The van der Waals surface area contributed by atoms with Crippen molar-refractivity contribution in [3.8, 4) is 0 Å². The Balaban J connectivity index is 1.46. The molecule has 1 aromatic carbocycles. The van der Waals surface area contributed by atoms with Gasteiger partial charge in [0.1, 0.15) is 17.7 Å². The van der Waals surface area contributed by atoms with Gasteiger partial charge in [0.05, 0.1) is 16.8 Å². The number of carbonyl (C=O) groups is 3. The zero-order valence-corrected chi connectivity index (χ0v) is 19.3. The van der Waals surface area contributed by atoms with Crippen molar-refractivity contribution in [2.24, 2.45) is 0 Å². The molecule has 0 bridgehead atoms. The summed E-state index contributed by atoms with van der Waals surface area (Å²) in [5.74, 6) is -0.967. The van der Waals surface area contributed by atoms with Gasteiger partial charge in [0.25, 0.3) is 0 Å². The molecule has 1 aromatic heterocycles. The summed E-state index contributed by atoms with van der Waals surface area (Å²) >= 11 is 5.82. The Morgan fingerprint density at radius 2 is 2.03 bits per heavy atom. The lowest BCUT2D eigenvalue weighted by molar-refractivity contribution is -0.120. The Kier molecular flexibility index (Phi) is 7.28. The van der Waals surface area contributed by atoms with Crippen LogP contribution in [0.3, 0.4) is 0 Å². The molecule has 0 spiro atoms. The molecule has 4 amide bonds. The minimum absolute atomic E-state index is 0.0289. The molecule has 2 aliphatic rings. The number of nitrogens with zero attached hydrogens (tertiary/aromatic N) is 3. The lowest BCUT2D eigenvalue weighted by Gasteiger charge is -2.27. The van der Waals surface area contributed by atoms with Crippen molar-refractivity contribution in [3.05, 3.63) is 47.4 Å². The molecule has 0 aliphatic carbocycles. The number of aromatic nitrogens is 1. The number of likely N-dealkylation sites (tertiary alicyclic amines) is 1. The fourth-order valence-electron chi connectivity index (χ4n) is 4.14. The van der Waals surface area contributed by atoms with Crippen LogP contribution in [0.15, 0.2) is 36.5 Å². The van der Waals surface area contributed by atoms with E-state index in [1.54, 1.807) is 23.1 Å². The van der Waals surface area contributed by atoms with E-state index in [1.165, 1.54) is 30.3 Å². The Morgan fingerprint density at radius 1 is 1.21 bits per heavy atom. The molecule has 2 fully saturated rings. The van der Waals surface area contributed by atoms with Crippen molar-refractivity contribution in [1.29, 1.82) is 0 Å². The first-order chi connectivity index (χ1) is 16.4. The van der Waals surface area contributed by atoms with Gasteiger partial charge in [0.15, 0.2) is 0 Å². The average Bonchev–Trinajstić information content (AvgIpc) is 3.27. The average molecular weight is 490 g/mol. The van der Waals surface area contributed by atoms with Crippen LogP contribution in [-0.2, 0) is 14.3 Å². The molecular weight excluding hydrogens is 465 g/mol.